The van der Waals surface area contributed by atoms with Crippen LogP contribution in [0.25, 0.3) is 0 Å². The van der Waals surface area contributed by atoms with E-state index in [4.69, 9.17) is 9.40 Å². The van der Waals surface area contributed by atoms with E-state index in [1.807, 2.05) is 61.7 Å². The lowest BCUT2D eigenvalue weighted by molar-refractivity contribution is 0.0625. The van der Waals surface area contributed by atoms with Gasteiger partial charge in [-0.1, -0.05) is 78.9 Å². The molecule has 0 fully saturated rings. The van der Waals surface area contributed by atoms with Gasteiger partial charge in [-0.05, 0) is 42.5 Å². The van der Waals surface area contributed by atoms with Crippen molar-refractivity contribution >= 4 is 11.8 Å². The summed E-state index contributed by atoms with van der Waals surface area (Å²) in [5.74, 6) is -1.63. The summed E-state index contributed by atoms with van der Waals surface area (Å²) in [5, 5.41) is 8.76. The van der Waals surface area contributed by atoms with E-state index < -0.39 is 29.1 Å². The third-order valence-electron chi connectivity index (χ3n) is 7.87. The van der Waals surface area contributed by atoms with Crippen LogP contribution in [0.5, 0.6) is 0 Å². The van der Waals surface area contributed by atoms with E-state index in [-0.39, 0.29) is 6.54 Å². The van der Waals surface area contributed by atoms with Gasteiger partial charge in [-0.2, -0.15) is 0 Å². The molecule has 0 saturated heterocycles. The first-order chi connectivity index (χ1) is 21.5. The maximum Gasteiger partial charge on any atom is 0.260 e. The molecule has 4 bridgehead atoms. The molecule has 226 valence electrons. The number of carbonyl (C=O) groups excluding carboxylic acids is 1. The number of benzene rings is 3. The Bertz CT molecular complexity index is 1690. The van der Waals surface area contributed by atoms with Crippen LogP contribution in [-0.2, 0) is 26.1 Å². The highest BCUT2D eigenvalue weighted by molar-refractivity contribution is 5.95. The summed E-state index contributed by atoms with van der Waals surface area (Å²) in [4.78, 5) is 22.5. The van der Waals surface area contributed by atoms with Gasteiger partial charge in [-0.3, -0.25) is 9.48 Å². The van der Waals surface area contributed by atoms with E-state index in [0.29, 0.717) is 62.8 Å². The summed E-state index contributed by atoms with van der Waals surface area (Å²) >= 11 is 0. The summed E-state index contributed by atoms with van der Waals surface area (Å²) < 4.78 is 38.2. The van der Waals surface area contributed by atoms with E-state index in [0.717, 1.165) is 29.0 Å². The molecule has 1 aliphatic rings. The van der Waals surface area contributed by atoms with Gasteiger partial charge in [0.25, 0.3) is 5.91 Å². The zero-order valence-electron chi connectivity index (χ0n) is 24.6. The number of aryl methyl sites for hydroxylation is 1. The van der Waals surface area contributed by atoms with Crippen molar-refractivity contribution in [2.45, 2.75) is 58.3 Å². The van der Waals surface area contributed by atoms with Gasteiger partial charge in [0.2, 0.25) is 11.8 Å². The van der Waals surface area contributed by atoms with Crippen molar-refractivity contribution in [3.63, 3.8) is 0 Å². The molecule has 1 unspecified atom stereocenters. The molecule has 44 heavy (non-hydrogen) atoms. The third-order valence-corrected chi connectivity index (χ3v) is 7.87. The zero-order valence-corrected chi connectivity index (χ0v) is 24.6. The highest BCUT2D eigenvalue weighted by Gasteiger charge is 2.33. The lowest BCUT2D eigenvalue weighted by Crippen LogP contribution is -2.37. The van der Waals surface area contributed by atoms with Crippen molar-refractivity contribution in [2.24, 2.45) is 0 Å². The maximum absolute atomic E-state index is 14.9. The van der Waals surface area contributed by atoms with Crippen LogP contribution in [0.2, 0.25) is 0 Å². The number of oxazole rings is 1. The van der Waals surface area contributed by atoms with Crippen molar-refractivity contribution < 1.29 is 18.0 Å². The van der Waals surface area contributed by atoms with Crippen LogP contribution in [0.4, 0.5) is 14.7 Å². The van der Waals surface area contributed by atoms with Crippen molar-refractivity contribution in [1.82, 2.24) is 24.9 Å². The molecule has 10 heteroatoms. The first-order valence-corrected chi connectivity index (χ1v) is 15.0. The summed E-state index contributed by atoms with van der Waals surface area (Å²) in [6.07, 6.45) is 4.12. The molecule has 3 heterocycles. The fourth-order valence-corrected chi connectivity index (χ4v) is 5.70. The number of hydrogen-bond donors (Lipinski definition) is 0. The average molecular weight is 597 g/mol. The molecule has 1 amide bonds. The van der Waals surface area contributed by atoms with Gasteiger partial charge >= 0.3 is 0 Å². The lowest BCUT2D eigenvalue weighted by Gasteiger charge is -2.30. The van der Waals surface area contributed by atoms with Crippen LogP contribution in [-0.4, -0.2) is 37.3 Å². The lowest BCUT2D eigenvalue weighted by atomic mass is 10.1. The smallest absolute Gasteiger partial charge is 0.260 e. The molecule has 0 saturated carbocycles. The molecule has 3 aromatic carbocycles. The quantitative estimate of drug-likeness (QED) is 0.216. The number of aromatic nitrogens is 4. The molecule has 6 rings (SSSR count). The number of hydrogen-bond acceptors (Lipinski definition) is 6. The molecular formula is C34H34F2N6O2. The van der Waals surface area contributed by atoms with Crippen LogP contribution in [0.3, 0.4) is 0 Å². The Balaban J connectivity index is 1.48. The van der Waals surface area contributed by atoms with Gasteiger partial charge in [0.15, 0.2) is 0 Å². The van der Waals surface area contributed by atoms with Gasteiger partial charge in [-0.25, -0.2) is 13.8 Å². The molecule has 8 nitrogen and oxygen atoms in total. The largest absolute Gasteiger partial charge is 0.423 e. The van der Waals surface area contributed by atoms with E-state index >= 15 is 0 Å². The average Bonchev–Trinajstić information content (AvgIpc) is 3.65. The first kappa shape index (κ1) is 29.2. The minimum absolute atomic E-state index is 0.256. The first-order valence-electron chi connectivity index (χ1n) is 15.0. The third kappa shape index (κ3) is 6.39. The molecule has 0 N–H and O–H groups in total. The van der Waals surface area contributed by atoms with Crippen molar-refractivity contribution in [2.75, 3.05) is 11.4 Å². The van der Waals surface area contributed by atoms with Gasteiger partial charge in [0, 0.05) is 26.1 Å². The molecule has 0 aliphatic carbocycles. The summed E-state index contributed by atoms with van der Waals surface area (Å²) in [6, 6.07) is 22.8. The zero-order chi connectivity index (χ0) is 30.5. The minimum Gasteiger partial charge on any atom is -0.423 e. The maximum atomic E-state index is 14.9. The number of rotatable bonds is 6. The van der Waals surface area contributed by atoms with E-state index in [1.165, 1.54) is 11.0 Å². The van der Waals surface area contributed by atoms with Crippen molar-refractivity contribution in [1.29, 1.82) is 0 Å². The molecule has 0 radical (unpaired) electrons. The van der Waals surface area contributed by atoms with Gasteiger partial charge in [-0.15, -0.1) is 5.10 Å². The fourth-order valence-electron chi connectivity index (χ4n) is 5.70. The second kappa shape index (κ2) is 13.2. The highest BCUT2D eigenvalue weighted by atomic mass is 19.1. The Labute approximate surface area is 254 Å². The fraction of sp³-hybridized carbons (Fsp3) is 0.294. The topological polar surface area (TPSA) is 80.3 Å². The predicted octanol–water partition coefficient (Wildman–Crippen LogP) is 6.73. The predicted molar refractivity (Wildman–Crippen MR) is 162 cm³/mol. The van der Waals surface area contributed by atoms with Crippen molar-refractivity contribution in [3.8, 4) is 0 Å². The minimum atomic E-state index is -0.897. The Morgan fingerprint density at radius 2 is 1.59 bits per heavy atom. The number of amides is 1. The molecule has 1 atom stereocenters. The van der Waals surface area contributed by atoms with E-state index in [2.05, 4.69) is 27.3 Å². The van der Waals surface area contributed by atoms with Crippen LogP contribution in [0, 0.1) is 11.6 Å². The van der Waals surface area contributed by atoms with Crippen LogP contribution in [0.15, 0.2) is 89.5 Å². The van der Waals surface area contributed by atoms with Gasteiger partial charge in [0.1, 0.15) is 34.6 Å². The second-order valence-electron chi connectivity index (χ2n) is 11.0. The number of halogens is 2. The summed E-state index contributed by atoms with van der Waals surface area (Å²) in [6.45, 7) is 3.71. The van der Waals surface area contributed by atoms with E-state index in [1.54, 1.807) is 4.68 Å². The molecule has 0 spiro atoms. The molecule has 1 aliphatic heterocycles. The Kier molecular flexibility index (Phi) is 8.76. The van der Waals surface area contributed by atoms with Crippen LogP contribution >= 0.6 is 0 Å². The van der Waals surface area contributed by atoms with Gasteiger partial charge in [0.05, 0.1) is 12.7 Å². The molecular weight excluding hydrogens is 562 g/mol. The number of nitrogens with zero attached hydrogens (tertiary/aromatic N) is 6. The molecule has 5 aromatic rings. The summed E-state index contributed by atoms with van der Waals surface area (Å²) in [5.41, 5.74) is 3.04. The standard InChI is InChI=1S/C34H34F2N6O2/c1-2-30-32-37-29(20-24-12-5-3-6-13-24)34(44-32)40(21-25-14-7-4-8-15-25)22-26-23-41(39-38-26)18-9-10-19-42(30)33(43)31-27(35)16-11-17-28(31)36/h3-8,11-17,23,30H,2,9-10,18-22H2,1H3. The van der Waals surface area contributed by atoms with Crippen LogP contribution < -0.4 is 4.90 Å². The highest BCUT2D eigenvalue weighted by Crippen LogP contribution is 2.34. The molecule has 2 aromatic heterocycles. The Morgan fingerprint density at radius 1 is 0.909 bits per heavy atom. The second-order valence-corrected chi connectivity index (χ2v) is 11.0. The Hall–Kier alpha value is -4.86. The van der Waals surface area contributed by atoms with Crippen molar-refractivity contribution in [3.05, 3.63) is 131 Å². The van der Waals surface area contributed by atoms with Crippen LogP contribution in [0.1, 0.15) is 71.0 Å². The normalized spacial score (nSPS) is 15.7. The van der Waals surface area contributed by atoms with E-state index in [9.17, 15) is 13.6 Å². The SMILES string of the molecule is CCC1c2nc(Cc3ccccc3)c(o2)N(Cc2ccccc2)Cc2cn(nn2)CCCCN1C(=O)c1c(F)cccc1F. The monoisotopic (exact) mass is 596 g/mol. The summed E-state index contributed by atoms with van der Waals surface area (Å²) in [7, 11) is 0. The Morgan fingerprint density at radius 3 is 2.30 bits per heavy atom. The van der Waals surface area contributed by atoms with Gasteiger partial charge < -0.3 is 14.2 Å². The number of fused-ring (bicyclic) bond motifs is 4. The number of anilines is 1. The number of carbonyl (C=O) groups is 1.